The number of ketones is 1. The number of carbonyl (C=O) groups is 5. The molecule has 0 radical (unpaired) electrons. The quantitative estimate of drug-likeness (QED) is 0.124. The number of Topliss-reactive ketones (excluding diaryl/α,β-unsaturated/α-hetero) is 1. The van der Waals surface area contributed by atoms with Crippen molar-refractivity contribution in [2.24, 2.45) is 0 Å². The Morgan fingerprint density at radius 3 is 2.05 bits per heavy atom. The number of thiazole rings is 1. The summed E-state index contributed by atoms with van der Waals surface area (Å²) in [6, 6.07) is 5.43. The fraction of sp³-hybridized carbons (Fsp3) is 0.500. The Kier molecular flexibility index (Phi) is 15.0. The van der Waals surface area contributed by atoms with Gasteiger partial charge in [-0.05, 0) is 32.8 Å². The van der Waals surface area contributed by atoms with Crippen molar-refractivity contribution in [1.82, 2.24) is 20.9 Å². The zero-order valence-corrected chi connectivity index (χ0v) is 27.6. The molecule has 43 heavy (non-hydrogen) atoms. The van der Waals surface area contributed by atoms with Crippen LogP contribution in [0.3, 0.4) is 0 Å². The number of nitrogens with one attached hydrogen (secondary N) is 3. The number of amides is 3. The molecule has 15 heteroatoms. The van der Waals surface area contributed by atoms with Crippen molar-refractivity contribution in [3.8, 4) is 0 Å². The normalized spacial score (nSPS) is 14.4. The van der Waals surface area contributed by atoms with E-state index in [1.807, 2.05) is 28.7 Å². The van der Waals surface area contributed by atoms with Crippen molar-refractivity contribution >= 4 is 63.6 Å². The van der Waals surface area contributed by atoms with Gasteiger partial charge in [0.05, 0.1) is 37.1 Å². The summed E-state index contributed by atoms with van der Waals surface area (Å²) in [7, 11) is 2.71. The molecule has 0 aliphatic heterocycles. The summed E-state index contributed by atoms with van der Waals surface area (Å²) in [4.78, 5) is 69.7. The van der Waals surface area contributed by atoms with Gasteiger partial charge in [0.15, 0.2) is 11.4 Å². The van der Waals surface area contributed by atoms with Gasteiger partial charge >= 0.3 is 6.16 Å². The number of nitrogens with zero attached hydrogens (tertiary/aromatic N) is 1. The Labute approximate surface area is 267 Å². The number of aryl methyl sites for hydroxylation is 1. The van der Waals surface area contributed by atoms with Crippen LogP contribution in [0.5, 0.6) is 0 Å². The van der Waals surface area contributed by atoms with Gasteiger partial charge < -0.3 is 34.9 Å². The minimum absolute atomic E-state index is 0.0568. The average Bonchev–Trinajstić information content (AvgIpc) is 3.42. The van der Waals surface area contributed by atoms with E-state index in [1.165, 1.54) is 27.3 Å². The minimum Gasteiger partial charge on any atom is -0.435 e. The van der Waals surface area contributed by atoms with Gasteiger partial charge in [-0.25, -0.2) is 9.78 Å². The molecule has 3 amide bonds. The molecular weight excluding hydrogens is 695 g/mol. The second-order valence-electron chi connectivity index (χ2n) is 9.51. The van der Waals surface area contributed by atoms with E-state index >= 15 is 0 Å². The SMILES string of the molecule is CCOC(=O)O[C@](C)(CI)C(=O)[C@H](Cc1ccccc1)NC(=O)[C@H](COC)NC(=O)[C@H](COC)NC(=O)c1cnc(C)s1. The molecular formula is C28H37IN4O9S. The standard InChI is InChI=1S/C28H37IN4O9S/c1-6-41-27(38)42-28(3,16-29)23(34)19(12-18-10-8-7-9-11-18)31-24(35)20(14-39-4)32-25(36)21(15-40-5)33-26(37)22-13-30-17(2)43-22/h7-11,13,19-21H,6,12,14-16H2,1-5H3,(H,31,35)(H,32,36)(H,33,37)/t19-,20-,21-,28+/m0/s1. The summed E-state index contributed by atoms with van der Waals surface area (Å²) in [5.74, 6) is -2.53. The van der Waals surface area contributed by atoms with Crippen LogP contribution in [0.25, 0.3) is 0 Å². The third-order valence-corrected chi connectivity index (χ3v) is 8.40. The third kappa shape index (κ3) is 11.1. The van der Waals surface area contributed by atoms with E-state index in [1.54, 1.807) is 38.1 Å². The van der Waals surface area contributed by atoms with Crippen molar-refractivity contribution in [3.05, 3.63) is 52.0 Å². The fourth-order valence-corrected chi connectivity index (χ4v) is 5.05. The van der Waals surface area contributed by atoms with Gasteiger partial charge in [-0.15, -0.1) is 11.3 Å². The smallest absolute Gasteiger partial charge is 0.435 e. The first-order valence-corrected chi connectivity index (χ1v) is 15.6. The summed E-state index contributed by atoms with van der Waals surface area (Å²) in [5, 5.41) is 8.54. The van der Waals surface area contributed by atoms with Gasteiger partial charge in [-0.3, -0.25) is 19.2 Å². The van der Waals surface area contributed by atoms with Crippen LogP contribution in [-0.2, 0) is 39.8 Å². The molecule has 0 aliphatic carbocycles. The third-order valence-electron chi connectivity index (χ3n) is 6.03. The monoisotopic (exact) mass is 732 g/mol. The van der Waals surface area contributed by atoms with Gasteiger partial charge in [0.2, 0.25) is 11.8 Å². The molecule has 0 fully saturated rings. The number of aromatic nitrogens is 1. The number of hydrogen-bond acceptors (Lipinski definition) is 11. The first kappa shape index (κ1) is 36.0. The maximum atomic E-state index is 13.8. The van der Waals surface area contributed by atoms with Crippen LogP contribution in [0.15, 0.2) is 36.5 Å². The number of benzene rings is 1. The Morgan fingerprint density at radius 2 is 1.53 bits per heavy atom. The molecule has 3 N–H and O–H groups in total. The maximum Gasteiger partial charge on any atom is 0.509 e. The number of carbonyl (C=O) groups excluding carboxylic acids is 5. The lowest BCUT2D eigenvalue weighted by molar-refractivity contribution is -0.141. The second kappa shape index (κ2) is 17.8. The molecule has 0 bridgehead atoms. The molecule has 13 nitrogen and oxygen atoms in total. The molecule has 0 saturated heterocycles. The van der Waals surface area contributed by atoms with Crippen LogP contribution in [0.1, 0.15) is 34.1 Å². The Bertz CT molecular complexity index is 1250. The Morgan fingerprint density at radius 1 is 0.953 bits per heavy atom. The molecule has 1 heterocycles. The maximum absolute atomic E-state index is 13.8. The molecule has 1 aromatic carbocycles. The molecule has 1 aromatic heterocycles. The van der Waals surface area contributed by atoms with Crippen molar-refractivity contribution < 1.29 is 42.9 Å². The first-order chi connectivity index (χ1) is 20.5. The number of ether oxygens (including phenoxy) is 4. The number of rotatable bonds is 17. The van der Waals surface area contributed by atoms with Crippen LogP contribution in [0.4, 0.5) is 4.79 Å². The van der Waals surface area contributed by atoms with E-state index < -0.39 is 53.4 Å². The van der Waals surface area contributed by atoms with Gasteiger partial charge in [0.1, 0.15) is 17.0 Å². The Balaban J connectivity index is 2.27. The summed E-state index contributed by atoms with van der Waals surface area (Å²) >= 11 is 3.08. The highest BCUT2D eigenvalue weighted by atomic mass is 127. The highest BCUT2D eigenvalue weighted by Gasteiger charge is 2.42. The van der Waals surface area contributed by atoms with Gasteiger partial charge in [0.25, 0.3) is 5.91 Å². The van der Waals surface area contributed by atoms with Gasteiger partial charge in [0, 0.05) is 18.6 Å². The largest absolute Gasteiger partial charge is 0.509 e. The van der Waals surface area contributed by atoms with Crippen molar-refractivity contribution in [1.29, 1.82) is 0 Å². The average molecular weight is 733 g/mol. The van der Waals surface area contributed by atoms with E-state index in [-0.39, 0.29) is 30.7 Å². The number of hydrogen-bond donors (Lipinski definition) is 3. The summed E-state index contributed by atoms with van der Waals surface area (Å²) < 4.78 is 20.6. The summed E-state index contributed by atoms with van der Waals surface area (Å²) in [6.07, 6.45) is 0.467. The molecule has 0 spiro atoms. The molecule has 2 rings (SSSR count). The lowest BCUT2D eigenvalue weighted by Gasteiger charge is -2.31. The van der Waals surface area contributed by atoms with E-state index in [0.717, 1.165) is 16.9 Å². The highest BCUT2D eigenvalue weighted by molar-refractivity contribution is 14.1. The van der Waals surface area contributed by atoms with Gasteiger partial charge in [-0.1, -0.05) is 52.9 Å². The van der Waals surface area contributed by atoms with Crippen LogP contribution >= 0.6 is 33.9 Å². The number of methoxy groups -OCH3 is 2. The topological polar surface area (TPSA) is 171 Å². The number of alkyl halides is 1. The number of halogens is 1. The van der Waals surface area contributed by atoms with E-state index in [4.69, 9.17) is 18.9 Å². The molecule has 0 unspecified atom stereocenters. The van der Waals surface area contributed by atoms with Crippen LogP contribution in [0, 0.1) is 6.92 Å². The van der Waals surface area contributed by atoms with Crippen LogP contribution in [-0.4, -0.2) is 96.8 Å². The van der Waals surface area contributed by atoms with E-state index in [0.29, 0.717) is 9.88 Å². The lowest BCUT2D eigenvalue weighted by Crippen LogP contribution is -2.60. The van der Waals surface area contributed by atoms with Crippen LogP contribution in [0.2, 0.25) is 0 Å². The second-order valence-corrected chi connectivity index (χ2v) is 11.5. The van der Waals surface area contributed by atoms with Crippen LogP contribution < -0.4 is 16.0 Å². The molecule has 2 aromatic rings. The van der Waals surface area contributed by atoms with E-state index in [9.17, 15) is 24.0 Å². The van der Waals surface area contributed by atoms with Crippen molar-refractivity contribution in [3.63, 3.8) is 0 Å². The van der Waals surface area contributed by atoms with E-state index in [2.05, 4.69) is 20.9 Å². The van der Waals surface area contributed by atoms with Crippen molar-refractivity contribution in [2.45, 2.75) is 50.9 Å². The predicted octanol–water partition coefficient (Wildman–Crippen LogP) is 1.99. The summed E-state index contributed by atoms with van der Waals surface area (Å²) in [6.45, 7) is 4.44. The zero-order valence-electron chi connectivity index (χ0n) is 24.6. The Hall–Kier alpha value is -3.15. The first-order valence-electron chi connectivity index (χ1n) is 13.3. The molecule has 0 aliphatic rings. The summed E-state index contributed by atoms with van der Waals surface area (Å²) in [5.41, 5.74) is -0.885. The fourth-order valence-electron chi connectivity index (χ4n) is 3.84. The van der Waals surface area contributed by atoms with Gasteiger partial charge in [-0.2, -0.15) is 0 Å². The van der Waals surface area contributed by atoms with Crippen molar-refractivity contribution in [2.75, 3.05) is 38.5 Å². The highest BCUT2D eigenvalue weighted by Crippen LogP contribution is 2.21. The molecule has 4 atom stereocenters. The minimum atomic E-state index is -1.62. The lowest BCUT2D eigenvalue weighted by atomic mass is 9.92. The predicted molar refractivity (Wildman–Crippen MR) is 166 cm³/mol. The molecule has 0 saturated carbocycles. The molecule has 236 valence electrons. The zero-order chi connectivity index (χ0) is 32.0.